The molecular weight excluding hydrogens is 491 g/mol. The lowest BCUT2D eigenvalue weighted by Crippen LogP contribution is -2.51. The second-order valence-corrected chi connectivity index (χ2v) is 8.83. The van der Waals surface area contributed by atoms with Crippen LogP contribution in [0.25, 0.3) is 0 Å². The van der Waals surface area contributed by atoms with E-state index in [1.165, 1.54) is 4.90 Å². The van der Waals surface area contributed by atoms with E-state index >= 15 is 0 Å². The number of ether oxygens (including phenoxy) is 1. The molecule has 0 aliphatic rings. The normalized spacial score (nSPS) is 11.8. The van der Waals surface area contributed by atoms with Gasteiger partial charge in [-0.25, -0.2) is 0 Å². The molecule has 1 atom stereocenters. The molecule has 0 aliphatic carbocycles. The van der Waals surface area contributed by atoms with Crippen molar-refractivity contribution in [2.75, 3.05) is 6.61 Å². The average Bonchev–Trinajstić information content (AvgIpc) is 2.69. The molecular formula is C22H25BrCl2N2O3. The monoisotopic (exact) mass is 514 g/mol. The summed E-state index contributed by atoms with van der Waals surface area (Å²) in [6.45, 7) is 5.66. The van der Waals surface area contributed by atoms with Crippen molar-refractivity contribution in [2.45, 2.75) is 45.8 Å². The lowest BCUT2D eigenvalue weighted by molar-refractivity contribution is -0.143. The number of hydrogen-bond acceptors (Lipinski definition) is 3. The van der Waals surface area contributed by atoms with Gasteiger partial charge in [0.1, 0.15) is 11.8 Å². The number of amides is 2. The summed E-state index contributed by atoms with van der Waals surface area (Å²) >= 11 is 15.5. The fraction of sp³-hybridized carbons (Fsp3) is 0.364. The van der Waals surface area contributed by atoms with E-state index in [-0.39, 0.29) is 31.0 Å². The summed E-state index contributed by atoms with van der Waals surface area (Å²) in [5.41, 5.74) is 0.775. The topological polar surface area (TPSA) is 58.6 Å². The first kappa shape index (κ1) is 24.5. The van der Waals surface area contributed by atoms with Crippen molar-refractivity contribution in [3.63, 3.8) is 0 Å². The third-order valence-corrected chi connectivity index (χ3v) is 5.60. The number of rotatable bonds is 9. The maximum Gasteiger partial charge on any atom is 0.261 e. The van der Waals surface area contributed by atoms with Gasteiger partial charge in [0.15, 0.2) is 6.61 Å². The molecule has 5 nitrogen and oxygen atoms in total. The standard InChI is InChI=1S/C22H25BrCl2N2O3/c1-4-20(22(29)26-14(2)3)27(12-15-5-10-18(24)19(25)11-15)21(28)13-30-17-8-6-16(23)7-9-17/h5-11,14,20H,4,12-13H2,1-3H3,(H,26,29)/t20-/m1/s1. The lowest BCUT2D eigenvalue weighted by Gasteiger charge is -2.31. The first-order chi connectivity index (χ1) is 14.2. The Morgan fingerprint density at radius 2 is 1.77 bits per heavy atom. The minimum atomic E-state index is -0.636. The second-order valence-electron chi connectivity index (χ2n) is 7.10. The summed E-state index contributed by atoms with van der Waals surface area (Å²) in [5, 5.41) is 3.72. The SMILES string of the molecule is CC[C@H](C(=O)NC(C)C)N(Cc1ccc(Cl)c(Cl)c1)C(=O)COc1ccc(Br)cc1. The number of carbonyl (C=O) groups excluding carboxylic acids is 2. The molecule has 2 aromatic carbocycles. The van der Waals surface area contributed by atoms with E-state index in [0.29, 0.717) is 22.2 Å². The number of nitrogens with one attached hydrogen (secondary N) is 1. The van der Waals surface area contributed by atoms with Crippen molar-refractivity contribution in [3.8, 4) is 5.75 Å². The van der Waals surface area contributed by atoms with Crippen molar-refractivity contribution in [3.05, 3.63) is 62.5 Å². The molecule has 2 aromatic rings. The molecule has 0 unspecified atom stereocenters. The Hall–Kier alpha value is -1.76. The van der Waals surface area contributed by atoms with Gasteiger partial charge in [0, 0.05) is 17.1 Å². The average molecular weight is 516 g/mol. The van der Waals surface area contributed by atoms with E-state index in [4.69, 9.17) is 27.9 Å². The number of halogens is 3. The molecule has 0 saturated heterocycles. The van der Waals surface area contributed by atoms with Crippen LogP contribution in [-0.4, -0.2) is 35.4 Å². The van der Waals surface area contributed by atoms with Gasteiger partial charge in [-0.1, -0.05) is 52.1 Å². The Kier molecular flexibility index (Phi) is 9.46. The van der Waals surface area contributed by atoms with Gasteiger partial charge in [-0.2, -0.15) is 0 Å². The third kappa shape index (κ3) is 7.18. The van der Waals surface area contributed by atoms with Gasteiger partial charge in [-0.3, -0.25) is 9.59 Å². The predicted molar refractivity (Wildman–Crippen MR) is 124 cm³/mol. The van der Waals surface area contributed by atoms with E-state index in [0.717, 1.165) is 10.0 Å². The van der Waals surface area contributed by atoms with Crippen LogP contribution in [-0.2, 0) is 16.1 Å². The fourth-order valence-corrected chi connectivity index (χ4v) is 3.48. The van der Waals surface area contributed by atoms with Gasteiger partial charge >= 0.3 is 0 Å². The molecule has 0 saturated carbocycles. The van der Waals surface area contributed by atoms with Gasteiger partial charge in [0.05, 0.1) is 10.0 Å². The molecule has 0 fully saturated rings. The number of benzene rings is 2. The summed E-state index contributed by atoms with van der Waals surface area (Å²) in [7, 11) is 0. The van der Waals surface area contributed by atoms with E-state index in [1.54, 1.807) is 30.3 Å². The Bertz CT molecular complexity index is 875. The molecule has 162 valence electrons. The Labute approximate surface area is 195 Å². The summed E-state index contributed by atoms with van der Waals surface area (Å²) < 4.78 is 6.56. The molecule has 0 spiro atoms. The van der Waals surface area contributed by atoms with Crippen LogP contribution in [0.1, 0.15) is 32.8 Å². The molecule has 0 aromatic heterocycles. The van der Waals surface area contributed by atoms with Crippen molar-refractivity contribution >= 4 is 50.9 Å². The summed E-state index contributed by atoms with van der Waals surface area (Å²) in [6.07, 6.45) is 0.462. The molecule has 0 heterocycles. The predicted octanol–water partition coefficient (Wildman–Crippen LogP) is 5.47. The van der Waals surface area contributed by atoms with E-state index in [9.17, 15) is 9.59 Å². The largest absolute Gasteiger partial charge is 0.484 e. The van der Waals surface area contributed by atoms with E-state index in [1.807, 2.05) is 32.9 Å². The maximum atomic E-state index is 13.1. The van der Waals surface area contributed by atoms with Crippen LogP contribution < -0.4 is 10.1 Å². The highest BCUT2D eigenvalue weighted by Crippen LogP contribution is 2.24. The van der Waals surface area contributed by atoms with E-state index < -0.39 is 6.04 Å². The minimum absolute atomic E-state index is 0.0347. The number of carbonyl (C=O) groups is 2. The van der Waals surface area contributed by atoms with E-state index in [2.05, 4.69) is 21.2 Å². The van der Waals surface area contributed by atoms with Crippen LogP contribution in [0.4, 0.5) is 0 Å². The second kappa shape index (κ2) is 11.6. The molecule has 2 rings (SSSR count). The molecule has 8 heteroatoms. The first-order valence-corrected chi connectivity index (χ1v) is 11.2. The third-order valence-electron chi connectivity index (χ3n) is 4.33. The molecule has 0 aliphatic heterocycles. The van der Waals surface area contributed by atoms with Crippen LogP contribution in [0.2, 0.25) is 10.0 Å². The number of nitrogens with zero attached hydrogens (tertiary/aromatic N) is 1. The van der Waals surface area contributed by atoms with Gasteiger partial charge in [0.25, 0.3) is 5.91 Å². The quantitative estimate of drug-likeness (QED) is 0.482. The molecule has 0 bridgehead atoms. The maximum absolute atomic E-state index is 13.1. The highest BCUT2D eigenvalue weighted by molar-refractivity contribution is 9.10. The van der Waals surface area contributed by atoms with Gasteiger partial charge in [0.2, 0.25) is 5.91 Å². The summed E-state index contributed by atoms with van der Waals surface area (Å²) in [4.78, 5) is 27.4. The van der Waals surface area contributed by atoms with Gasteiger partial charge in [-0.05, 0) is 62.2 Å². The Balaban J connectivity index is 2.23. The molecule has 1 N–H and O–H groups in total. The van der Waals surface area contributed by atoms with Gasteiger partial charge < -0.3 is 15.0 Å². The summed E-state index contributed by atoms with van der Waals surface area (Å²) in [5.74, 6) is 0.0695. The van der Waals surface area contributed by atoms with Crippen molar-refractivity contribution in [2.24, 2.45) is 0 Å². The molecule has 2 amide bonds. The van der Waals surface area contributed by atoms with Crippen molar-refractivity contribution in [1.29, 1.82) is 0 Å². The van der Waals surface area contributed by atoms with Crippen LogP contribution in [0.3, 0.4) is 0 Å². The zero-order valence-electron chi connectivity index (χ0n) is 17.1. The number of hydrogen-bond donors (Lipinski definition) is 1. The molecule has 0 radical (unpaired) electrons. The van der Waals surface area contributed by atoms with Crippen LogP contribution in [0, 0.1) is 0 Å². The van der Waals surface area contributed by atoms with Gasteiger partial charge in [-0.15, -0.1) is 0 Å². The minimum Gasteiger partial charge on any atom is -0.484 e. The molecule has 30 heavy (non-hydrogen) atoms. The first-order valence-electron chi connectivity index (χ1n) is 9.63. The fourth-order valence-electron chi connectivity index (χ4n) is 2.89. The Morgan fingerprint density at radius 3 is 2.33 bits per heavy atom. The van der Waals surface area contributed by atoms with Crippen LogP contribution in [0.5, 0.6) is 5.75 Å². The summed E-state index contributed by atoms with van der Waals surface area (Å²) in [6, 6.07) is 11.7. The zero-order chi connectivity index (χ0) is 22.3. The van der Waals surface area contributed by atoms with Crippen LogP contribution in [0.15, 0.2) is 46.9 Å². The lowest BCUT2D eigenvalue weighted by atomic mass is 10.1. The highest BCUT2D eigenvalue weighted by atomic mass is 79.9. The zero-order valence-corrected chi connectivity index (χ0v) is 20.2. The van der Waals surface area contributed by atoms with Crippen molar-refractivity contribution < 1.29 is 14.3 Å². The smallest absolute Gasteiger partial charge is 0.261 e. The van der Waals surface area contributed by atoms with Crippen molar-refractivity contribution in [1.82, 2.24) is 10.2 Å². The van der Waals surface area contributed by atoms with Crippen LogP contribution >= 0.6 is 39.1 Å². The Morgan fingerprint density at radius 1 is 1.10 bits per heavy atom. The highest BCUT2D eigenvalue weighted by Gasteiger charge is 2.29.